The number of rotatable bonds is 4. The fourth-order valence-corrected chi connectivity index (χ4v) is 2.94. The standard InChI is InChI=1S/C16H23N3/c1-2-19(16-8-6-15(18)7-9-16)12-14-5-3-4-13(10-14)11-17/h3-5,10,15-16H,2,6-9,12,18H2,1H3. The summed E-state index contributed by atoms with van der Waals surface area (Å²) in [5.74, 6) is 0. The van der Waals surface area contributed by atoms with Crippen LogP contribution < -0.4 is 5.73 Å². The van der Waals surface area contributed by atoms with Crippen molar-refractivity contribution in [3.05, 3.63) is 35.4 Å². The molecule has 1 saturated carbocycles. The number of nitrogens with two attached hydrogens (primary N) is 1. The predicted molar refractivity (Wildman–Crippen MR) is 77.5 cm³/mol. The summed E-state index contributed by atoms with van der Waals surface area (Å²) in [5.41, 5.74) is 7.96. The molecule has 1 fully saturated rings. The van der Waals surface area contributed by atoms with Crippen LogP contribution >= 0.6 is 0 Å². The summed E-state index contributed by atoms with van der Waals surface area (Å²) in [6.07, 6.45) is 4.68. The molecule has 0 spiro atoms. The van der Waals surface area contributed by atoms with Crippen molar-refractivity contribution in [2.75, 3.05) is 6.54 Å². The molecular formula is C16H23N3. The van der Waals surface area contributed by atoms with Crippen LogP contribution in [-0.2, 0) is 6.54 Å². The zero-order chi connectivity index (χ0) is 13.7. The maximum atomic E-state index is 8.95. The molecular weight excluding hydrogens is 234 g/mol. The van der Waals surface area contributed by atoms with Gasteiger partial charge in [-0.25, -0.2) is 0 Å². The van der Waals surface area contributed by atoms with Crippen molar-refractivity contribution in [1.82, 2.24) is 4.90 Å². The second-order valence-corrected chi connectivity index (χ2v) is 5.44. The molecule has 1 aliphatic carbocycles. The number of nitrogens with zero attached hydrogens (tertiary/aromatic N) is 2. The molecule has 102 valence electrons. The van der Waals surface area contributed by atoms with Gasteiger partial charge >= 0.3 is 0 Å². The molecule has 2 rings (SSSR count). The Hall–Kier alpha value is -1.37. The van der Waals surface area contributed by atoms with Gasteiger partial charge in [-0.15, -0.1) is 0 Å². The largest absolute Gasteiger partial charge is 0.328 e. The van der Waals surface area contributed by atoms with E-state index in [9.17, 15) is 0 Å². The predicted octanol–water partition coefficient (Wildman–Crippen LogP) is 2.65. The minimum Gasteiger partial charge on any atom is -0.328 e. The maximum Gasteiger partial charge on any atom is 0.0991 e. The van der Waals surface area contributed by atoms with Crippen LogP contribution in [0, 0.1) is 11.3 Å². The van der Waals surface area contributed by atoms with E-state index >= 15 is 0 Å². The van der Waals surface area contributed by atoms with Crippen LogP contribution in [-0.4, -0.2) is 23.5 Å². The van der Waals surface area contributed by atoms with Gasteiger partial charge in [-0.1, -0.05) is 19.1 Å². The molecule has 0 saturated heterocycles. The van der Waals surface area contributed by atoms with Crippen molar-refractivity contribution < 1.29 is 0 Å². The number of hydrogen-bond acceptors (Lipinski definition) is 3. The van der Waals surface area contributed by atoms with Crippen molar-refractivity contribution in [2.24, 2.45) is 5.73 Å². The van der Waals surface area contributed by atoms with Gasteiger partial charge in [0.1, 0.15) is 0 Å². The molecule has 0 heterocycles. The van der Waals surface area contributed by atoms with E-state index in [2.05, 4.69) is 24.0 Å². The van der Waals surface area contributed by atoms with Crippen molar-refractivity contribution in [1.29, 1.82) is 5.26 Å². The van der Waals surface area contributed by atoms with E-state index in [0.717, 1.165) is 31.5 Å². The van der Waals surface area contributed by atoms with Gasteiger partial charge in [0.25, 0.3) is 0 Å². The van der Waals surface area contributed by atoms with Crippen LogP contribution in [0.25, 0.3) is 0 Å². The molecule has 0 amide bonds. The highest BCUT2D eigenvalue weighted by molar-refractivity contribution is 5.32. The SMILES string of the molecule is CCN(Cc1cccc(C#N)c1)C1CCC(N)CC1. The van der Waals surface area contributed by atoms with Gasteiger partial charge in [0, 0.05) is 18.6 Å². The first kappa shape index (κ1) is 14.0. The Labute approximate surface area is 116 Å². The van der Waals surface area contributed by atoms with Crippen molar-refractivity contribution >= 4 is 0 Å². The first-order valence-electron chi connectivity index (χ1n) is 7.21. The molecule has 19 heavy (non-hydrogen) atoms. The average Bonchev–Trinajstić information content (AvgIpc) is 2.46. The van der Waals surface area contributed by atoms with Gasteiger partial charge in [-0.05, 0) is 49.9 Å². The Kier molecular flexibility index (Phi) is 4.95. The molecule has 0 bridgehead atoms. The second-order valence-electron chi connectivity index (χ2n) is 5.44. The summed E-state index contributed by atoms with van der Waals surface area (Å²) in [7, 11) is 0. The minimum atomic E-state index is 0.400. The van der Waals surface area contributed by atoms with E-state index in [-0.39, 0.29) is 0 Å². The molecule has 0 aromatic heterocycles. The zero-order valence-corrected chi connectivity index (χ0v) is 11.7. The average molecular weight is 257 g/mol. The third kappa shape index (κ3) is 3.79. The summed E-state index contributed by atoms with van der Waals surface area (Å²) < 4.78 is 0. The topological polar surface area (TPSA) is 53.0 Å². The van der Waals surface area contributed by atoms with Crippen LogP contribution in [0.2, 0.25) is 0 Å². The minimum absolute atomic E-state index is 0.400. The van der Waals surface area contributed by atoms with E-state index < -0.39 is 0 Å². The summed E-state index contributed by atoms with van der Waals surface area (Å²) in [5, 5.41) is 8.95. The first-order valence-corrected chi connectivity index (χ1v) is 7.21. The van der Waals surface area contributed by atoms with E-state index in [0.29, 0.717) is 12.1 Å². The lowest BCUT2D eigenvalue weighted by molar-refractivity contribution is 0.149. The van der Waals surface area contributed by atoms with E-state index in [1.54, 1.807) is 0 Å². The van der Waals surface area contributed by atoms with Crippen molar-refractivity contribution in [2.45, 2.75) is 51.2 Å². The van der Waals surface area contributed by atoms with Gasteiger partial charge in [-0.2, -0.15) is 5.26 Å². The third-order valence-corrected chi connectivity index (χ3v) is 4.11. The number of hydrogen-bond donors (Lipinski definition) is 1. The molecule has 1 aromatic carbocycles. The highest BCUT2D eigenvalue weighted by Crippen LogP contribution is 2.23. The lowest BCUT2D eigenvalue weighted by atomic mass is 9.90. The van der Waals surface area contributed by atoms with Gasteiger partial charge < -0.3 is 5.73 Å². The molecule has 0 radical (unpaired) electrons. The van der Waals surface area contributed by atoms with Crippen LogP contribution in [0.3, 0.4) is 0 Å². The van der Waals surface area contributed by atoms with Gasteiger partial charge in [0.15, 0.2) is 0 Å². The molecule has 0 aliphatic heterocycles. The monoisotopic (exact) mass is 257 g/mol. The van der Waals surface area contributed by atoms with E-state index in [1.807, 2.05) is 18.2 Å². The Morgan fingerprint density at radius 1 is 1.32 bits per heavy atom. The highest BCUT2D eigenvalue weighted by Gasteiger charge is 2.23. The van der Waals surface area contributed by atoms with E-state index in [1.165, 1.54) is 18.4 Å². The molecule has 3 heteroatoms. The summed E-state index contributed by atoms with van der Waals surface area (Å²) in [6, 6.07) is 11.2. The summed E-state index contributed by atoms with van der Waals surface area (Å²) in [6.45, 7) is 4.20. The Bertz CT molecular complexity index is 442. The van der Waals surface area contributed by atoms with Crippen molar-refractivity contribution in [3.8, 4) is 6.07 Å². The summed E-state index contributed by atoms with van der Waals surface area (Å²) >= 11 is 0. The van der Waals surface area contributed by atoms with Gasteiger partial charge in [0.05, 0.1) is 11.6 Å². The lowest BCUT2D eigenvalue weighted by Gasteiger charge is -2.35. The highest BCUT2D eigenvalue weighted by atomic mass is 15.1. The Morgan fingerprint density at radius 2 is 2.05 bits per heavy atom. The number of nitriles is 1. The smallest absolute Gasteiger partial charge is 0.0991 e. The summed E-state index contributed by atoms with van der Waals surface area (Å²) in [4.78, 5) is 2.52. The Balaban J connectivity index is 2.00. The third-order valence-electron chi connectivity index (χ3n) is 4.11. The normalized spacial score (nSPS) is 23.3. The molecule has 0 unspecified atom stereocenters. The zero-order valence-electron chi connectivity index (χ0n) is 11.7. The number of benzene rings is 1. The molecule has 3 nitrogen and oxygen atoms in total. The molecule has 0 atom stereocenters. The van der Waals surface area contributed by atoms with E-state index in [4.69, 9.17) is 11.0 Å². The molecule has 1 aliphatic rings. The van der Waals surface area contributed by atoms with Crippen LogP contribution in [0.15, 0.2) is 24.3 Å². The van der Waals surface area contributed by atoms with Crippen LogP contribution in [0.5, 0.6) is 0 Å². The fourth-order valence-electron chi connectivity index (χ4n) is 2.94. The molecule has 1 aromatic rings. The van der Waals surface area contributed by atoms with Crippen LogP contribution in [0.1, 0.15) is 43.7 Å². The lowest BCUT2D eigenvalue weighted by Crippen LogP contribution is -2.40. The van der Waals surface area contributed by atoms with Gasteiger partial charge in [0.2, 0.25) is 0 Å². The first-order chi connectivity index (χ1) is 9.22. The molecule has 2 N–H and O–H groups in total. The maximum absolute atomic E-state index is 8.95. The van der Waals surface area contributed by atoms with Crippen molar-refractivity contribution in [3.63, 3.8) is 0 Å². The van der Waals surface area contributed by atoms with Gasteiger partial charge in [-0.3, -0.25) is 4.90 Å². The second kappa shape index (κ2) is 6.70. The quantitative estimate of drug-likeness (QED) is 0.902. The fraction of sp³-hybridized carbons (Fsp3) is 0.562. The Morgan fingerprint density at radius 3 is 2.68 bits per heavy atom. The van der Waals surface area contributed by atoms with Crippen LogP contribution in [0.4, 0.5) is 0 Å².